The van der Waals surface area contributed by atoms with Crippen LogP contribution < -0.4 is 0 Å². The summed E-state index contributed by atoms with van der Waals surface area (Å²) in [5.74, 6) is 0.504. The summed E-state index contributed by atoms with van der Waals surface area (Å²) >= 11 is 0. The third-order valence-electron chi connectivity index (χ3n) is 1.90. The first-order chi connectivity index (χ1) is 4.57. The summed E-state index contributed by atoms with van der Waals surface area (Å²) in [6, 6.07) is 0. The Morgan fingerprint density at radius 2 is 1.70 bits per heavy atom. The van der Waals surface area contributed by atoms with Gasteiger partial charge in [-0.2, -0.15) is 0 Å². The number of rotatable bonds is 4. The van der Waals surface area contributed by atoms with Crippen molar-refractivity contribution >= 4 is 0 Å². The molecule has 0 rings (SSSR count). The van der Waals surface area contributed by atoms with Gasteiger partial charge < -0.3 is 10.2 Å². The predicted octanol–water partition coefficient (Wildman–Crippen LogP) is 1.16. The largest absolute Gasteiger partial charge is 0.391 e. The van der Waals surface area contributed by atoms with Gasteiger partial charge in [0.2, 0.25) is 0 Å². The van der Waals surface area contributed by atoms with Crippen LogP contribution in [0, 0.1) is 5.92 Å². The van der Waals surface area contributed by atoms with Crippen LogP contribution in [-0.4, -0.2) is 22.4 Å². The van der Waals surface area contributed by atoms with Crippen LogP contribution in [-0.2, 0) is 0 Å². The first kappa shape index (κ1) is 9.92. The van der Waals surface area contributed by atoms with Crippen LogP contribution in [0.3, 0.4) is 0 Å². The van der Waals surface area contributed by atoms with E-state index in [1.165, 1.54) is 0 Å². The zero-order chi connectivity index (χ0) is 8.15. The summed E-state index contributed by atoms with van der Waals surface area (Å²) in [4.78, 5) is 0. The van der Waals surface area contributed by atoms with Crippen LogP contribution in [0.5, 0.6) is 0 Å². The van der Waals surface area contributed by atoms with E-state index in [1.807, 2.05) is 0 Å². The molecule has 0 aliphatic carbocycles. The third kappa shape index (κ3) is 3.85. The second-order valence-electron chi connectivity index (χ2n) is 3.06. The minimum absolute atomic E-state index is 0.504. The lowest BCUT2D eigenvalue weighted by molar-refractivity contribution is 0.0170. The number of hydrogen-bond acceptors (Lipinski definition) is 2. The Morgan fingerprint density at radius 3 is 2.00 bits per heavy atom. The van der Waals surface area contributed by atoms with Gasteiger partial charge in [0, 0.05) is 0 Å². The molecule has 2 heteroatoms. The maximum Gasteiger partial charge on any atom is 0.0798 e. The van der Waals surface area contributed by atoms with Gasteiger partial charge >= 0.3 is 0 Å². The fraction of sp³-hybridized carbons (Fsp3) is 1.00. The van der Waals surface area contributed by atoms with Crippen LogP contribution in [0.25, 0.3) is 0 Å². The molecular weight excluding hydrogens is 128 g/mol. The highest BCUT2D eigenvalue weighted by Crippen LogP contribution is 2.11. The van der Waals surface area contributed by atoms with Crippen LogP contribution in [0.4, 0.5) is 0 Å². The van der Waals surface area contributed by atoms with Gasteiger partial charge in [0.15, 0.2) is 0 Å². The van der Waals surface area contributed by atoms with Gasteiger partial charge in [0.25, 0.3) is 0 Å². The number of aliphatic hydroxyl groups excluding tert-OH is 2. The molecular formula is C8H18O2. The zero-order valence-corrected chi connectivity index (χ0v) is 7.04. The molecule has 0 bridgehead atoms. The molecule has 0 aromatic carbocycles. The minimum Gasteiger partial charge on any atom is -0.391 e. The highest BCUT2D eigenvalue weighted by atomic mass is 16.3. The summed E-state index contributed by atoms with van der Waals surface area (Å²) in [7, 11) is 0. The average Bonchev–Trinajstić information content (AvgIpc) is 1.87. The summed E-state index contributed by atoms with van der Waals surface area (Å²) < 4.78 is 0. The quantitative estimate of drug-likeness (QED) is 0.625. The van der Waals surface area contributed by atoms with E-state index in [4.69, 9.17) is 5.11 Å². The van der Waals surface area contributed by atoms with Gasteiger partial charge in [-0.3, -0.25) is 0 Å². The van der Waals surface area contributed by atoms with Crippen molar-refractivity contribution in [2.24, 2.45) is 5.92 Å². The normalized spacial score (nSPS) is 20.1. The Labute approximate surface area is 62.9 Å². The topological polar surface area (TPSA) is 40.5 Å². The lowest BCUT2D eigenvalue weighted by atomic mass is 9.99. The Morgan fingerprint density at radius 1 is 1.20 bits per heavy atom. The molecule has 2 N–H and O–H groups in total. The number of hydrogen-bond donors (Lipinski definition) is 2. The minimum atomic E-state index is -0.589. The molecule has 0 amide bonds. The van der Waals surface area contributed by atoms with Crippen LogP contribution in [0.2, 0.25) is 0 Å². The second kappa shape index (κ2) is 4.69. The van der Waals surface area contributed by atoms with Crippen molar-refractivity contribution in [2.75, 3.05) is 0 Å². The van der Waals surface area contributed by atoms with Crippen LogP contribution in [0.1, 0.15) is 33.6 Å². The maximum atomic E-state index is 9.18. The molecule has 0 heterocycles. The van der Waals surface area contributed by atoms with E-state index in [2.05, 4.69) is 13.8 Å². The lowest BCUT2D eigenvalue weighted by Crippen LogP contribution is -2.24. The van der Waals surface area contributed by atoms with Crippen molar-refractivity contribution < 1.29 is 10.2 Å². The van der Waals surface area contributed by atoms with Crippen molar-refractivity contribution in [3.63, 3.8) is 0 Å². The van der Waals surface area contributed by atoms with E-state index < -0.39 is 12.2 Å². The van der Waals surface area contributed by atoms with Gasteiger partial charge in [0.05, 0.1) is 12.2 Å². The van der Waals surface area contributed by atoms with Gasteiger partial charge in [0.1, 0.15) is 0 Å². The van der Waals surface area contributed by atoms with Gasteiger partial charge in [-0.25, -0.2) is 0 Å². The van der Waals surface area contributed by atoms with Crippen LogP contribution in [0.15, 0.2) is 0 Å². The van der Waals surface area contributed by atoms with E-state index in [0.717, 1.165) is 6.42 Å². The molecule has 0 aromatic heterocycles. The maximum absolute atomic E-state index is 9.18. The monoisotopic (exact) mass is 146 g/mol. The van der Waals surface area contributed by atoms with E-state index in [1.54, 1.807) is 6.92 Å². The van der Waals surface area contributed by atoms with Crippen LogP contribution >= 0.6 is 0 Å². The smallest absolute Gasteiger partial charge is 0.0798 e. The first-order valence-corrected chi connectivity index (χ1v) is 3.94. The highest BCUT2D eigenvalue weighted by molar-refractivity contribution is 4.64. The molecule has 0 saturated heterocycles. The standard InChI is InChI=1S/C8H18O2/c1-4-6(2)5-8(10)7(3)9/h6-10H,4-5H2,1-3H3. The lowest BCUT2D eigenvalue weighted by Gasteiger charge is -2.16. The van der Waals surface area contributed by atoms with E-state index in [-0.39, 0.29) is 0 Å². The molecule has 0 saturated carbocycles. The second-order valence-corrected chi connectivity index (χ2v) is 3.06. The summed E-state index contributed by atoms with van der Waals surface area (Å²) in [5.41, 5.74) is 0. The van der Waals surface area contributed by atoms with Gasteiger partial charge in [-0.15, -0.1) is 0 Å². The molecule has 3 unspecified atom stereocenters. The molecule has 0 aliphatic heterocycles. The SMILES string of the molecule is CCC(C)CC(O)C(C)O. The number of aliphatic hydroxyl groups is 2. The molecule has 0 spiro atoms. The summed E-state index contributed by atoms with van der Waals surface area (Å²) in [5, 5.41) is 18.1. The predicted molar refractivity (Wildman–Crippen MR) is 41.8 cm³/mol. The van der Waals surface area contributed by atoms with Crippen molar-refractivity contribution in [1.82, 2.24) is 0 Å². The van der Waals surface area contributed by atoms with Crippen molar-refractivity contribution in [3.8, 4) is 0 Å². The highest BCUT2D eigenvalue weighted by Gasteiger charge is 2.13. The molecule has 10 heavy (non-hydrogen) atoms. The Balaban J connectivity index is 3.46. The van der Waals surface area contributed by atoms with E-state index >= 15 is 0 Å². The zero-order valence-electron chi connectivity index (χ0n) is 7.04. The summed E-state index contributed by atoms with van der Waals surface area (Å²) in [6.45, 7) is 5.78. The Bertz CT molecular complexity index is 81.3. The molecule has 0 aromatic rings. The molecule has 62 valence electrons. The Hall–Kier alpha value is -0.0800. The molecule has 0 fully saturated rings. The molecule has 0 radical (unpaired) electrons. The van der Waals surface area contributed by atoms with Gasteiger partial charge in [-0.1, -0.05) is 20.3 Å². The van der Waals surface area contributed by atoms with Crippen molar-refractivity contribution in [3.05, 3.63) is 0 Å². The molecule has 3 atom stereocenters. The van der Waals surface area contributed by atoms with Crippen molar-refractivity contribution in [2.45, 2.75) is 45.8 Å². The van der Waals surface area contributed by atoms with Gasteiger partial charge in [-0.05, 0) is 19.3 Å². The average molecular weight is 146 g/mol. The third-order valence-corrected chi connectivity index (χ3v) is 1.90. The van der Waals surface area contributed by atoms with E-state index in [9.17, 15) is 5.11 Å². The fourth-order valence-corrected chi connectivity index (χ4v) is 0.776. The Kier molecular flexibility index (Phi) is 4.65. The van der Waals surface area contributed by atoms with E-state index in [0.29, 0.717) is 12.3 Å². The first-order valence-electron chi connectivity index (χ1n) is 3.94. The molecule has 2 nitrogen and oxygen atoms in total. The molecule has 0 aliphatic rings. The van der Waals surface area contributed by atoms with Crippen molar-refractivity contribution in [1.29, 1.82) is 0 Å². The summed E-state index contributed by atoms with van der Waals surface area (Å²) in [6.07, 6.45) is 0.627. The fourth-order valence-electron chi connectivity index (χ4n) is 0.776.